The first-order valence-electron chi connectivity index (χ1n) is 8.92. The van der Waals surface area contributed by atoms with Crippen molar-refractivity contribution in [2.45, 2.75) is 13.0 Å². The lowest BCUT2D eigenvalue weighted by atomic mass is 10.1. The average molecular weight is 447 g/mol. The van der Waals surface area contributed by atoms with Gasteiger partial charge in [-0.3, -0.25) is 4.68 Å². The molecule has 6 nitrogen and oxygen atoms in total. The smallest absolute Gasteiger partial charge is 0.363 e. The molecule has 0 amide bonds. The van der Waals surface area contributed by atoms with E-state index < -0.39 is 5.97 Å². The van der Waals surface area contributed by atoms with E-state index in [1.54, 1.807) is 10.8 Å². The van der Waals surface area contributed by atoms with Crippen molar-refractivity contribution in [2.75, 3.05) is 0 Å². The van der Waals surface area contributed by atoms with Gasteiger partial charge in [0.2, 0.25) is 5.90 Å². The summed E-state index contributed by atoms with van der Waals surface area (Å²) < 4.78 is 7.99. The summed E-state index contributed by atoms with van der Waals surface area (Å²) in [4.78, 5) is 16.7. The maximum absolute atomic E-state index is 12.4. The summed E-state index contributed by atoms with van der Waals surface area (Å²) in [7, 11) is 0. The van der Waals surface area contributed by atoms with E-state index in [1.807, 2.05) is 60.8 Å². The van der Waals surface area contributed by atoms with Crippen LogP contribution in [0.15, 0.2) is 76.0 Å². The number of nitriles is 1. The van der Waals surface area contributed by atoms with Gasteiger partial charge >= 0.3 is 5.97 Å². The first kappa shape index (κ1) is 18.8. The Bertz CT molecular complexity index is 1160. The number of ether oxygens (including phenoxy) is 1. The van der Waals surface area contributed by atoms with E-state index in [0.29, 0.717) is 18.7 Å². The molecule has 0 bridgehead atoms. The van der Waals surface area contributed by atoms with Crippen molar-refractivity contribution in [1.82, 2.24) is 9.78 Å². The number of hydrogen-bond acceptors (Lipinski definition) is 5. The Morgan fingerprint density at radius 2 is 1.86 bits per heavy atom. The van der Waals surface area contributed by atoms with Crippen LogP contribution < -0.4 is 0 Å². The molecule has 1 aliphatic rings. The summed E-state index contributed by atoms with van der Waals surface area (Å²) in [5.74, 6) is -0.223. The quantitative estimate of drug-likeness (QED) is 0.424. The molecule has 0 saturated carbocycles. The Balaban J connectivity index is 1.74. The van der Waals surface area contributed by atoms with E-state index in [9.17, 15) is 4.79 Å². The lowest BCUT2D eigenvalue weighted by Gasteiger charge is -2.00. The minimum Gasteiger partial charge on any atom is -0.402 e. The molecule has 0 saturated heterocycles. The highest BCUT2D eigenvalue weighted by Gasteiger charge is 2.25. The van der Waals surface area contributed by atoms with Crippen LogP contribution in [0.1, 0.15) is 17.5 Å². The lowest BCUT2D eigenvalue weighted by molar-refractivity contribution is -0.129. The highest BCUT2D eigenvalue weighted by atomic mass is 79.9. The fraction of sp³-hybridized carbons (Fsp3) is 0.0909. The Hall–Kier alpha value is -3.50. The molecule has 7 heteroatoms. The van der Waals surface area contributed by atoms with Crippen LogP contribution in [0.25, 0.3) is 17.3 Å². The SMILES string of the molecule is N#CCCn1cc(/C=C2\N=C(c3ccccc3)OC2=O)c(-c2ccc(Br)cc2)n1. The molecule has 0 atom stereocenters. The summed E-state index contributed by atoms with van der Waals surface area (Å²) in [6.45, 7) is 0.464. The van der Waals surface area contributed by atoms with Gasteiger partial charge in [0.15, 0.2) is 5.70 Å². The fourth-order valence-corrected chi connectivity index (χ4v) is 3.18. The number of aryl methyl sites for hydroxylation is 1. The molecule has 0 spiro atoms. The number of carbonyl (C=O) groups is 1. The van der Waals surface area contributed by atoms with Crippen molar-refractivity contribution in [3.63, 3.8) is 0 Å². The van der Waals surface area contributed by atoms with Gasteiger partial charge in [-0.05, 0) is 30.3 Å². The Kier molecular flexibility index (Phi) is 5.36. The van der Waals surface area contributed by atoms with Gasteiger partial charge in [0, 0.05) is 27.4 Å². The summed E-state index contributed by atoms with van der Waals surface area (Å²) >= 11 is 3.43. The van der Waals surface area contributed by atoms with Crippen molar-refractivity contribution in [3.05, 3.63) is 82.1 Å². The molecule has 0 aliphatic carbocycles. The molecule has 1 aromatic heterocycles. The molecule has 142 valence electrons. The van der Waals surface area contributed by atoms with Crippen molar-refractivity contribution in [2.24, 2.45) is 4.99 Å². The second-order valence-corrected chi connectivity index (χ2v) is 7.23. The number of nitrogens with zero attached hydrogens (tertiary/aromatic N) is 4. The van der Waals surface area contributed by atoms with Gasteiger partial charge < -0.3 is 4.74 Å². The highest BCUT2D eigenvalue weighted by Crippen LogP contribution is 2.27. The zero-order chi connectivity index (χ0) is 20.2. The Labute approximate surface area is 175 Å². The number of halogens is 1. The third-order valence-electron chi connectivity index (χ3n) is 4.29. The van der Waals surface area contributed by atoms with E-state index in [0.717, 1.165) is 21.2 Å². The van der Waals surface area contributed by atoms with E-state index >= 15 is 0 Å². The first-order valence-corrected chi connectivity index (χ1v) is 9.71. The van der Waals surface area contributed by atoms with E-state index in [-0.39, 0.29) is 11.6 Å². The number of aromatic nitrogens is 2. The standard InChI is InChI=1S/C22H15BrN4O2/c23-18-9-7-15(8-10-18)20-17(14-27(26-20)12-4-11-24)13-19-22(28)29-21(25-19)16-5-2-1-3-6-16/h1-3,5-10,13-14H,4,12H2/b19-13-. The van der Waals surface area contributed by atoms with Gasteiger partial charge in [-0.25, -0.2) is 9.79 Å². The summed E-state index contributed by atoms with van der Waals surface area (Å²) in [5.41, 5.74) is 3.29. The van der Waals surface area contributed by atoms with Crippen molar-refractivity contribution in [3.8, 4) is 17.3 Å². The fourth-order valence-electron chi connectivity index (χ4n) is 2.91. The van der Waals surface area contributed by atoms with Crippen molar-refractivity contribution in [1.29, 1.82) is 5.26 Å². The van der Waals surface area contributed by atoms with Crippen molar-refractivity contribution < 1.29 is 9.53 Å². The maximum atomic E-state index is 12.4. The summed E-state index contributed by atoms with van der Waals surface area (Å²) in [6, 6.07) is 19.1. The molecule has 0 N–H and O–H groups in total. The van der Waals surface area contributed by atoms with Crippen molar-refractivity contribution >= 4 is 33.9 Å². The zero-order valence-electron chi connectivity index (χ0n) is 15.2. The van der Waals surface area contributed by atoms with Crippen LogP contribution in [0, 0.1) is 11.3 Å². The first-order chi connectivity index (χ1) is 14.1. The van der Waals surface area contributed by atoms with Crippen LogP contribution >= 0.6 is 15.9 Å². The number of hydrogen-bond donors (Lipinski definition) is 0. The molecule has 29 heavy (non-hydrogen) atoms. The van der Waals surface area contributed by atoms with Gasteiger partial charge in [-0.2, -0.15) is 10.4 Å². The van der Waals surface area contributed by atoms with Crippen LogP contribution in [0.5, 0.6) is 0 Å². The van der Waals surface area contributed by atoms with Crippen LogP contribution in [-0.2, 0) is 16.1 Å². The lowest BCUT2D eigenvalue weighted by Crippen LogP contribution is -2.04. The molecule has 0 fully saturated rings. The van der Waals surface area contributed by atoms with E-state index in [4.69, 9.17) is 10.00 Å². The third-order valence-corrected chi connectivity index (χ3v) is 4.82. The molecule has 2 heterocycles. The molecule has 1 aliphatic heterocycles. The predicted molar refractivity (Wildman–Crippen MR) is 113 cm³/mol. The topological polar surface area (TPSA) is 80.3 Å². The number of aliphatic imine (C=N–C) groups is 1. The van der Waals surface area contributed by atoms with E-state index in [1.165, 1.54) is 0 Å². The van der Waals surface area contributed by atoms with Crippen LogP contribution in [-0.4, -0.2) is 21.6 Å². The van der Waals surface area contributed by atoms with Gasteiger partial charge in [-0.1, -0.05) is 46.3 Å². The summed E-state index contributed by atoms with van der Waals surface area (Å²) in [5, 5.41) is 13.5. The van der Waals surface area contributed by atoms with Gasteiger partial charge in [0.05, 0.1) is 24.7 Å². The third kappa shape index (κ3) is 4.18. The van der Waals surface area contributed by atoms with Gasteiger partial charge in [0.1, 0.15) is 0 Å². The minimum atomic E-state index is -0.504. The molecular formula is C22H15BrN4O2. The van der Waals surface area contributed by atoms with Crippen LogP contribution in [0.3, 0.4) is 0 Å². The Morgan fingerprint density at radius 3 is 2.59 bits per heavy atom. The number of rotatable bonds is 5. The maximum Gasteiger partial charge on any atom is 0.363 e. The molecule has 0 unspecified atom stereocenters. The second-order valence-electron chi connectivity index (χ2n) is 6.31. The van der Waals surface area contributed by atoms with Gasteiger partial charge in [-0.15, -0.1) is 0 Å². The molecule has 2 aromatic carbocycles. The van der Waals surface area contributed by atoms with Crippen LogP contribution in [0.4, 0.5) is 0 Å². The number of carbonyl (C=O) groups excluding carboxylic acids is 1. The van der Waals surface area contributed by atoms with Crippen LogP contribution in [0.2, 0.25) is 0 Å². The second kappa shape index (κ2) is 8.25. The highest BCUT2D eigenvalue weighted by molar-refractivity contribution is 9.10. The molecule has 4 rings (SSSR count). The number of cyclic esters (lactones) is 1. The molecule has 0 radical (unpaired) electrons. The predicted octanol–water partition coefficient (Wildman–Crippen LogP) is 4.57. The monoisotopic (exact) mass is 446 g/mol. The minimum absolute atomic E-state index is 0.210. The molecule has 3 aromatic rings. The largest absolute Gasteiger partial charge is 0.402 e. The number of esters is 1. The number of benzene rings is 2. The molecular weight excluding hydrogens is 432 g/mol. The van der Waals surface area contributed by atoms with Gasteiger partial charge in [0.25, 0.3) is 0 Å². The normalized spacial score (nSPS) is 14.6. The summed E-state index contributed by atoms with van der Waals surface area (Å²) in [6.07, 6.45) is 3.83. The average Bonchev–Trinajstić information content (AvgIpc) is 3.31. The van der Waals surface area contributed by atoms with E-state index in [2.05, 4.69) is 32.1 Å². The zero-order valence-corrected chi connectivity index (χ0v) is 16.8. The Morgan fingerprint density at radius 1 is 1.10 bits per heavy atom.